The van der Waals surface area contributed by atoms with E-state index in [9.17, 15) is 4.79 Å². The monoisotopic (exact) mass is 236 g/mol. The zero-order valence-electron chi connectivity index (χ0n) is 10.7. The largest absolute Gasteiger partial charge is 0.383 e. The van der Waals surface area contributed by atoms with Gasteiger partial charge in [-0.25, -0.2) is 0 Å². The molecular formula is C13H20N2O2. The highest BCUT2D eigenvalue weighted by molar-refractivity contribution is 5.92. The summed E-state index contributed by atoms with van der Waals surface area (Å²) >= 11 is 0. The Morgan fingerprint density at radius 1 is 1.47 bits per heavy atom. The van der Waals surface area contributed by atoms with Gasteiger partial charge < -0.3 is 10.1 Å². The average molecular weight is 236 g/mol. The zero-order chi connectivity index (χ0) is 12.7. The Kier molecular flexibility index (Phi) is 5.66. The molecule has 1 amide bonds. The molecular weight excluding hydrogens is 216 g/mol. The lowest BCUT2D eigenvalue weighted by Gasteiger charge is -2.15. The Balaban J connectivity index is 2.39. The number of benzene rings is 1. The van der Waals surface area contributed by atoms with Crippen LogP contribution < -0.4 is 5.32 Å². The first kappa shape index (κ1) is 13.7. The molecule has 0 aliphatic carbocycles. The molecule has 0 saturated carbocycles. The van der Waals surface area contributed by atoms with Crippen LogP contribution in [-0.2, 0) is 9.53 Å². The summed E-state index contributed by atoms with van der Waals surface area (Å²) in [6.07, 6.45) is 0. The summed E-state index contributed by atoms with van der Waals surface area (Å²) in [4.78, 5) is 13.6. The molecule has 0 bridgehead atoms. The predicted octanol–water partition coefficient (Wildman–Crippen LogP) is 1.51. The molecule has 17 heavy (non-hydrogen) atoms. The van der Waals surface area contributed by atoms with Crippen molar-refractivity contribution in [3.05, 3.63) is 29.8 Å². The standard InChI is InChI=1S/C13H20N2O2/c1-11-5-4-6-12(9-11)14-13(16)10-15(2)7-8-17-3/h4-6,9H,7-8,10H2,1-3H3,(H,14,16). The van der Waals surface area contributed by atoms with Gasteiger partial charge in [0.25, 0.3) is 0 Å². The van der Waals surface area contributed by atoms with Gasteiger partial charge in [-0.15, -0.1) is 0 Å². The van der Waals surface area contributed by atoms with Crippen molar-refractivity contribution in [3.63, 3.8) is 0 Å². The molecule has 0 saturated heterocycles. The molecule has 1 rings (SSSR count). The van der Waals surface area contributed by atoms with E-state index in [2.05, 4.69) is 5.32 Å². The number of nitrogens with one attached hydrogen (secondary N) is 1. The van der Waals surface area contributed by atoms with Crippen molar-refractivity contribution in [3.8, 4) is 0 Å². The van der Waals surface area contributed by atoms with Gasteiger partial charge in [0, 0.05) is 19.3 Å². The van der Waals surface area contributed by atoms with Crippen molar-refractivity contribution in [1.82, 2.24) is 4.90 Å². The van der Waals surface area contributed by atoms with Gasteiger partial charge in [0.05, 0.1) is 13.2 Å². The van der Waals surface area contributed by atoms with Gasteiger partial charge in [-0.1, -0.05) is 12.1 Å². The van der Waals surface area contributed by atoms with Crippen LogP contribution in [0.1, 0.15) is 5.56 Å². The van der Waals surface area contributed by atoms with Crippen LogP contribution in [-0.4, -0.2) is 44.7 Å². The third kappa shape index (κ3) is 5.47. The number of carbonyl (C=O) groups is 1. The summed E-state index contributed by atoms with van der Waals surface area (Å²) in [6.45, 7) is 3.75. The summed E-state index contributed by atoms with van der Waals surface area (Å²) in [5, 5.41) is 2.87. The van der Waals surface area contributed by atoms with E-state index in [4.69, 9.17) is 4.74 Å². The van der Waals surface area contributed by atoms with E-state index in [0.29, 0.717) is 13.2 Å². The van der Waals surface area contributed by atoms with E-state index in [1.54, 1.807) is 7.11 Å². The minimum Gasteiger partial charge on any atom is -0.383 e. The molecule has 0 heterocycles. The number of anilines is 1. The number of aryl methyl sites for hydroxylation is 1. The number of hydrogen-bond donors (Lipinski definition) is 1. The number of hydrogen-bond acceptors (Lipinski definition) is 3. The van der Waals surface area contributed by atoms with Crippen LogP contribution in [0.25, 0.3) is 0 Å². The highest BCUT2D eigenvalue weighted by Crippen LogP contribution is 2.09. The van der Waals surface area contributed by atoms with E-state index >= 15 is 0 Å². The molecule has 0 aliphatic rings. The van der Waals surface area contributed by atoms with Crippen LogP contribution >= 0.6 is 0 Å². The molecule has 0 aliphatic heterocycles. The number of likely N-dealkylation sites (N-methyl/N-ethyl adjacent to an activating group) is 1. The molecule has 0 radical (unpaired) electrons. The van der Waals surface area contributed by atoms with E-state index in [-0.39, 0.29) is 5.91 Å². The summed E-state index contributed by atoms with van der Waals surface area (Å²) in [7, 11) is 3.55. The first-order valence-electron chi connectivity index (χ1n) is 5.66. The predicted molar refractivity (Wildman–Crippen MR) is 69.2 cm³/mol. The number of nitrogens with zero attached hydrogens (tertiary/aromatic N) is 1. The fourth-order valence-corrected chi connectivity index (χ4v) is 1.49. The van der Waals surface area contributed by atoms with Crippen molar-refractivity contribution >= 4 is 11.6 Å². The quantitative estimate of drug-likeness (QED) is 0.814. The van der Waals surface area contributed by atoms with Crippen LogP contribution in [0.15, 0.2) is 24.3 Å². The number of amides is 1. The molecule has 4 heteroatoms. The highest BCUT2D eigenvalue weighted by Gasteiger charge is 2.06. The van der Waals surface area contributed by atoms with Crippen LogP contribution in [0, 0.1) is 6.92 Å². The van der Waals surface area contributed by atoms with Gasteiger partial charge in [-0.3, -0.25) is 9.69 Å². The fourth-order valence-electron chi connectivity index (χ4n) is 1.49. The Morgan fingerprint density at radius 2 is 2.24 bits per heavy atom. The van der Waals surface area contributed by atoms with Crippen molar-refractivity contribution in [2.24, 2.45) is 0 Å². The van der Waals surface area contributed by atoms with Crippen LogP contribution in [0.4, 0.5) is 5.69 Å². The topological polar surface area (TPSA) is 41.6 Å². The van der Waals surface area contributed by atoms with Gasteiger partial charge in [0.2, 0.25) is 5.91 Å². The lowest BCUT2D eigenvalue weighted by Crippen LogP contribution is -2.32. The maximum absolute atomic E-state index is 11.7. The van der Waals surface area contributed by atoms with E-state index < -0.39 is 0 Å². The normalized spacial score (nSPS) is 10.6. The zero-order valence-corrected chi connectivity index (χ0v) is 10.7. The summed E-state index contributed by atoms with van der Waals surface area (Å²) in [5.74, 6) is -0.00537. The van der Waals surface area contributed by atoms with Gasteiger partial charge >= 0.3 is 0 Å². The van der Waals surface area contributed by atoms with Gasteiger partial charge in [0.1, 0.15) is 0 Å². The van der Waals surface area contributed by atoms with Gasteiger partial charge in [0.15, 0.2) is 0 Å². The summed E-state index contributed by atoms with van der Waals surface area (Å²) in [6, 6.07) is 7.77. The second-order valence-corrected chi connectivity index (χ2v) is 4.15. The molecule has 94 valence electrons. The third-order valence-electron chi connectivity index (χ3n) is 2.39. The number of ether oxygens (including phenoxy) is 1. The van der Waals surface area contributed by atoms with Crippen LogP contribution in [0.5, 0.6) is 0 Å². The number of methoxy groups -OCH3 is 1. The number of carbonyl (C=O) groups excluding carboxylic acids is 1. The van der Waals surface area contributed by atoms with Crippen LogP contribution in [0.3, 0.4) is 0 Å². The molecule has 0 fully saturated rings. The minimum atomic E-state index is -0.00537. The summed E-state index contributed by atoms with van der Waals surface area (Å²) in [5.41, 5.74) is 1.98. The first-order valence-corrected chi connectivity index (χ1v) is 5.66. The highest BCUT2D eigenvalue weighted by atomic mass is 16.5. The molecule has 0 spiro atoms. The van der Waals surface area contributed by atoms with Crippen molar-refractivity contribution < 1.29 is 9.53 Å². The third-order valence-corrected chi connectivity index (χ3v) is 2.39. The Bertz CT molecular complexity index is 366. The maximum Gasteiger partial charge on any atom is 0.238 e. The van der Waals surface area contributed by atoms with Gasteiger partial charge in [-0.2, -0.15) is 0 Å². The van der Waals surface area contributed by atoms with Crippen molar-refractivity contribution in [1.29, 1.82) is 0 Å². The van der Waals surface area contributed by atoms with E-state index in [1.807, 2.05) is 43.1 Å². The lowest BCUT2D eigenvalue weighted by molar-refractivity contribution is -0.117. The van der Waals surface area contributed by atoms with Gasteiger partial charge in [-0.05, 0) is 31.7 Å². The molecule has 1 aromatic carbocycles. The SMILES string of the molecule is COCCN(C)CC(=O)Nc1cccc(C)c1. The van der Waals surface area contributed by atoms with Crippen molar-refractivity contribution in [2.75, 3.05) is 39.2 Å². The Hall–Kier alpha value is -1.39. The minimum absolute atomic E-state index is 0.00537. The Labute approximate surface area is 103 Å². The smallest absolute Gasteiger partial charge is 0.238 e. The second-order valence-electron chi connectivity index (χ2n) is 4.15. The molecule has 1 N–H and O–H groups in total. The first-order chi connectivity index (χ1) is 8.11. The number of rotatable bonds is 6. The van der Waals surface area contributed by atoms with Crippen LogP contribution in [0.2, 0.25) is 0 Å². The lowest BCUT2D eigenvalue weighted by atomic mass is 10.2. The van der Waals surface area contributed by atoms with Crippen molar-refractivity contribution in [2.45, 2.75) is 6.92 Å². The molecule has 1 aromatic rings. The molecule has 4 nitrogen and oxygen atoms in total. The Morgan fingerprint density at radius 3 is 2.88 bits per heavy atom. The summed E-state index contributed by atoms with van der Waals surface area (Å²) < 4.78 is 4.95. The molecule has 0 aromatic heterocycles. The van der Waals surface area contributed by atoms with E-state index in [0.717, 1.165) is 17.8 Å². The second kappa shape index (κ2) is 7.04. The average Bonchev–Trinajstić information content (AvgIpc) is 2.26. The molecule has 0 atom stereocenters. The fraction of sp³-hybridized carbons (Fsp3) is 0.462. The molecule has 0 unspecified atom stereocenters. The maximum atomic E-state index is 11.7. The van der Waals surface area contributed by atoms with E-state index in [1.165, 1.54) is 0 Å².